The Labute approximate surface area is 97.5 Å². The van der Waals surface area contributed by atoms with Gasteiger partial charge in [0.2, 0.25) is 5.91 Å². The normalized spacial score (nSPS) is 20.9. The van der Waals surface area contributed by atoms with E-state index in [1.54, 1.807) is 0 Å². The number of carbonyl (C=O) groups is 1. The van der Waals surface area contributed by atoms with Gasteiger partial charge in [0.1, 0.15) is 6.61 Å². The van der Waals surface area contributed by atoms with Crippen LogP contribution in [0.15, 0.2) is 0 Å². The Morgan fingerprint density at radius 3 is 2.87 bits per heavy atom. The molecule has 1 amide bonds. The van der Waals surface area contributed by atoms with Crippen LogP contribution in [0.1, 0.15) is 26.7 Å². The van der Waals surface area contributed by atoms with E-state index in [9.17, 15) is 4.79 Å². The molecule has 15 heavy (non-hydrogen) atoms. The zero-order valence-electron chi connectivity index (χ0n) is 9.41. The van der Waals surface area contributed by atoms with Crippen LogP contribution in [0.2, 0.25) is 0 Å². The van der Waals surface area contributed by atoms with Crippen molar-refractivity contribution < 1.29 is 9.53 Å². The molecule has 90 valence electrons. The topological polar surface area (TPSA) is 50.4 Å². The molecule has 1 aliphatic rings. The van der Waals surface area contributed by atoms with Gasteiger partial charge in [-0.05, 0) is 33.2 Å². The fourth-order valence-electron chi connectivity index (χ4n) is 1.49. The Kier molecular flexibility index (Phi) is 7.74. The molecule has 0 radical (unpaired) electrons. The minimum absolute atomic E-state index is 0. The van der Waals surface area contributed by atoms with Gasteiger partial charge in [0.25, 0.3) is 0 Å². The third-order valence-electron chi connectivity index (χ3n) is 2.21. The lowest BCUT2D eigenvalue weighted by atomic mass is 10.1. The number of halogens is 1. The molecule has 1 unspecified atom stereocenters. The molecule has 2 N–H and O–H groups in total. The lowest BCUT2D eigenvalue weighted by Gasteiger charge is -2.23. The van der Waals surface area contributed by atoms with Crippen molar-refractivity contribution >= 4 is 18.3 Å². The molecule has 0 saturated carbocycles. The van der Waals surface area contributed by atoms with Gasteiger partial charge in [-0.3, -0.25) is 4.79 Å². The van der Waals surface area contributed by atoms with E-state index in [1.165, 1.54) is 0 Å². The van der Waals surface area contributed by atoms with Crippen molar-refractivity contribution in [2.24, 2.45) is 0 Å². The third-order valence-corrected chi connectivity index (χ3v) is 2.21. The van der Waals surface area contributed by atoms with E-state index in [2.05, 4.69) is 10.6 Å². The average molecular weight is 237 g/mol. The molecule has 0 aromatic carbocycles. The summed E-state index contributed by atoms with van der Waals surface area (Å²) in [4.78, 5) is 11.4. The minimum Gasteiger partial charge on any atom is -0.369 e. The number of amides is 1. The molecule has 0 aromatic heterocycles. The number of rotatable bonds is 4. The first-order chi connectivity index (χ1) is 6.68. The van der Waals surface area contributed by atoms with Gasteiger partial charge in [0, 0.05) is 12.6 Å². The number of ether oxygens (including phenoxy) is 1. The first-order valence-electron chi connectivity index (χ1n) is 5.30. The van der Waals surface area contributed by atoms with Crippen LogP contribution in [0.5, 0.6) is 0 Å². The molecule has 1 heterocycles. The largest absolute Gasteiger partial charge is 0.369 e. The summed E-state index contributed by atoms with van der Waals surface area (Å²) in [6.45, 7) is 5.97. The number of hydrogen-bond donors (Lipinski definition) is 2. The molecule has 1 aliphatic heterocycles. The van der Waals surface area contributed by atoms with E-state index in [0.29, 0.717) is 0 Å². The van der Waals surface area contributed by atoms with Gasteiger partial charge in [-0.2, -0.15) is 0 Å². The highest BCUT2D eigenvalue weighted by Gasteiger charge is 2.15. The molecule has 1 rings (SSSR count). The molecule has 0 aromatic rings. The summed E-state index contributed by atoms with van der Waals surface area (Å²) in [5, 5.41) is 6.20. The fraction of sp³-hybridized carbons (Fsp3) is 0.900. The van der Waals surface area contributed by atoms with Gasteiger partial charge in [0.15, 0.2) is 0 Å². The monoisotopic (exact) mass is 236 g/mol. The van der Waals surface area contributed by atoms with Crippen molar-refractivity contribution in [2.75, 3.05) is 19.7 Å². The highest BCUT2D eigenvalue weighted by molar-refractivity contribution is 5.85. The van der Waals surface area contributed by atoms with Crippen LogP contribution in [-0.4, -0.2) is 37.7 Å². The van der Waals surface area contributed by atoms with Gasteiger partial charge in [0.05, 0.1) is 6.10 Å². The average Bonchev–Trinajstić information content (AvgIpc) is 2.16. The van der Waals surface area contributed by atoms with Crippen LogP contribution in [0.3, 0.4) is 0 Å². The van der Waals surface area contributed by atoms with Gasteiger partial charge in [-0.1, -0.05) is 0 Å². The lowest BCUT2D eigenvalue weighted by Crippen LogP contribution is -2.46. The Hall–Kier alpha value is -0.320. The van der Waals surface area contributed by atoms with Crippen molar-refractivity contribution in [3.8, 4) is 0 Å². The van der Waals surface area contributed by atoms with E-state index in [4.69, 9.17) is 4.74 Å². The summed E-state index contributed by atoms with van der Waals surface area (Å²) < 4.78 is 5.21. The van der Waals surface area contributed by atoms with Gasteiger partial charge in [-0.15, -0.1) is 12.4 Å². The maximum absolute atomic E-state index is 11.4. The zero-order valence-corrected chi connectivity index (χ0v) is 10.2. The van der Waals surface area contributed by atoms with Crippen molar-refractivity contribution in [1.82, 2.24) is 10.6 Å². The van der Waals surface area contributed by atoms with Gasteiger partial charge < -0.3 is 15.4 Å². The van der Waals surface area contributed by atoms with Gasteiger partial charge >= 0.3 is 0 Å². The van der Waals surface area contributed by atoms with E-state index >= 15 is 0 Å². The molecule has 0 bridgehead atoms. The van der Waals surface area contributed by atoms with Crippen LogP contribution < -0.4 is 10.6 Å². The van der Waals surface area contributed by atoms with Crippen LogP contribution in [-0.2, 0) is 9.53 Å². The Bertz CT molecular complexity index is 182. The van der Waals surface area contributed by atoms with Crippen molar-refractivity contribution in [1.29, 1.82) is 0 Å². The molecule has 5 heteroatoms. The zero-order chi connectivity index (χ0) is 10.4. The van der Waals surface area contributed by atoms with Crippen LogP contribution >= 0.6 is 12.4 Å². The van der Waals surface area contributed by atoms with Crippen LogP contribution in [0.25, 0.3) is 0 Å². The van der Waals surface area contributed by atoms with Crippen molar-refractivity contribution in [3.05, 3.63) is 0 Å². The lowest BCUT2D eigenvalue weighted by molar-refractivity contribution is -0.127. The van der Waals surface area contributed by atoms with E-state index < -0.39 is 0 Å². The fourth-order valence-corrected chi connectivity index (χ4v) is 1.49. The quantitative estimate of drug-likeness (QED) is 0.756. The molecule has 4 nitrogen and oxygen atoms in total. The second-order valence-electron chi connectivity index (χ2n) is 3.97. The molecule has 1 atom stereocenters. The molecule has 0 spiro atoms. The summed E-state index contributed by atoms with van der Waals surface area (Å²) >= 11 is 0. The molecule has 1 saturated heterocycles. The van der Waals surface area contributed by atoms with Crippen LogP contribution in [0.4, 0.5) is 0 Å². The van der Waals surface area contributed by atoms with E-state index in [0.717, 1.165) is 25.9 Å². The third kappa shape index (κ3) is 6.71. The molecule has 0 aliphatic carbocycles. The summed E-state index contributed by atoms with van der Waals surface area (Å²) in [5.41, 5.74) is 0. The maximum atomic E-state index is 11.4. The first kappa shape index (κ1) is 14.7. The van der Waals surface area contributed by atoms with Gasteiger partial charge in [-0.25, -0.2) is 0 Å². The second-order valence-corrected chi connectivity index (χ2v) is 3.97. The number of piperidine rings is 1. The summed E-state index contributed by atoms with van der Waals surface area (Å²) in [5.74, 6) is -0.00704. The second kappa shape index (κ2) is 7.91. The maximum Gasteiger partial charge on any atom is 0.246 e. The Morgan fingerprint density at radius 2 is 2.33 bits per heavy atom. The predicted octanol–water partition coefficient (Wildman–Crippen LogP) is 0.701. The SMILES string of the molecule is CC(C)OCC(=O)NC1CCCNC1.Cl. The highest BCUT2D eigenvalue weighted by Crippen LogP contribution is 2.00. The standard InChI is InChI=1S/C10H20N2O2.ClH/c1-8(2)14-7-10(13)12-9-4-3-5-11-6-9;/h8-9,11H,3-7H2,1-2H3,(H,12,13);1H. The minimum atomic E-state index is -0.00704. The van der Waals surface area contributed by atoms with Crippen molar-refractivity contribution in [2.45, 2.75) is 38.8 Å². The van der Waals surface area contributed by atoms with Crippen LogP contribution in [0, 0.1) is 0 Å². The predicted molar refractivity (Wildman–Crippen MR) is 62.4 cm³/mol. The molecular formula is C10H21ClN2O2. The highest BCUT2D eigenvalue weighted by atomic mass is 35.5. The smallest absolute Gasteiger partial charge is 0.246 e. The number of hydrogen-bond acceptors (Lipinski definition) is 3. The Morgan fingerprint density at radius 1 is 1.60 bits per heavy atom. The number of nitrogens with one attached hydrogen (secondary N) is 2. The summed E-state index contributed by atoms with van der Waals surface area (Å²) in [6, 6.07) is 0.284. The van der Waals surface area contributed by atoms with Crippen molar-refractivity contribution in [3.63, 3.8) is 0 Å². The Balaban J connectivity index is 0.00000196. The molecule has 1 fully saturated rings. The van der Waals surface area contributed by atoms with E-state index in [-0.39, 0.29) is 37.1 Å². The summed E-state index contributed by atoms with van der Waals surface area (Å²) in [7, 11) is 0. The van der Waals surface area contributed by atoms with E-state index in [1.807, 2.05) is 13.8 Å². The molecular weight excluding hydrogens is 216 g/mol. The number of carbonyl (C=O) groups excluding carboxylic acids is 1. The summed E-state index contributed by atoms with van der Waals surface area (Å²) in [6.07, 6.45) is 2.32. The first-order valence-corrected chi connectivity index (χ1v) is 5.30.